The Morgan fingerprint density at radius 1 is 1.21 bits per heavy atom. The molecule has 0 unspecified atom stereocenters. The van der Waals surface area contributed by atoms with Crippen molar-refractivity contribution in [3.05, 3.63) is 24.3 Å². The highest BCUT2D eigenvalue weighted by Crippen LogP contribution is 2.19. The molecule has 0 aliphatic rings. The molecule has 0 radical (unpaired) electrons. The largest absolute Gasteiger partial charge is 0.493 e. The van der Waals surface area contributed by atoms with E-state index in [1.807, 2.05) is 20.8 Å². The van der Waals surface area contributed by atoms with Crippen molar-refractivity contribution in [1.82, 2.24) is 0 Å². The number of carbonyl (C=O) groups excluding carboxylic acids is 2. The van der Waals surface area contributed by atoms with E-state index in [1.165, 1.54) is 0 Å². The Kier molecular flexibility index (Phi) is 4.92. The van der Waals surface area contributed by atoms with Crippen LogP contribution >= 0.6 is 0 Å². The van der Waals surface area contributed by atoms with E-state index in [-0.39, 0.29) is 18.9 Å². The lowest BCUT2D eigenvalue weighted by Gasteiger charge is -2.17. The highest BCUT2D eigenvalue weighted by atomic mass is 16.5. The van der Waals surface area contributed by atoms with Crippen LogP contribution in [0.3, 0.4) is 0 Å². The number of anilines is 1. The lowest BCUT2D eigenvalue weighted by molar-refractivity contribution is -0.123. The van der Waals surface area contributed by atoms with E-state index in [0.29, 0.717) is 11.4 Å². The maximum absolute atomic E-state index is 11.8. The van der Waals surface area contributed by atoms with Gasteiger partial charge in [0.05, 0.1) is 13.0 Å². The summed E-state index contributed by atoms with van der Waals surface area (Å²) in [6, 6.07) is 6.98. The highest BCUT2D eigenvalue weighted by Gasteiger charge is 2.20. The number of nitrogens with one attached hydrogen (secondary N) is 1. The summed E-state index contributed by atoms with van der Waals surface area (Å²) in [4.78, 5) is 22.3. The van der Waals surface area contributed by atoms with Gasteiger partial charge in [0.25, 0.3) is 0 Å². The van der Waals surface area contributed by atoms with Gasteiger partial charge in [-0.1, -0.05) is 20.8 Å². The molecule has 2 amide bonds. The van der Waals surface area contributed by atoms with Gasteiger partial charge in [0.1, 0.15) is 5.75 Å². The monoisotopic (exact) mass is 264 g/mol. The van der Waals surface area contributed by atoms with Crippen LogP contribution in [0.4, 0.5) is 5.69 Å². The summed E-state index contributed by atoms with van der Waals surface area (Å²) >= 11 is 0. The second kappa shape index (κ2) is 6.22. The fraction of sp³-hybridized carbons (Fsp3) is 0.429. The maximum atomic E-state index is 11.8. The van der Waals surface area contributed by atoms with Crippen molar-refractivity contribution >= 4 is 17.5 Å². The second-order valence-electron chi connectivity index (χ2n) is 5.29. The van der Waals surface area contributed by atoms with Gasteiger partial charge in [-0.2, -0.15) is 0 Å². The first-order valence-electron chi connectivity index (χ1n) is 6.11. The zero-order valence-electron chi connectivity index (χ0n) is 11.5. The SMILES string of the molecule is CC(C)(C)C(=O)Nc1ccc(OCCC(N)=O)cc1. The number of rotatable bonds is 5. The molecule has 5 nitrogen and oxygen atoms in total. The Morgan fingerprint density at radius 3 is 2.26 bits per heavy atom. The van der Waals surface area contributed by atoms with Gasteiger partial charge in [-0.25, -0.2) is 0 Å². The van der Waals surface area contributed by atoms with Gasteiger partial charge in [0.15, 0.2) is 0 Å². The molecule has 104 valence electrons. The van der Waals surface area contributed by atoms with Gasteiger partial charge in [-0.3, -0.25) is 9.59 Å². The van der Waals surface area contributed by atoms with Crippen molar-refractivity contribution in [3.63, 3.8) is 0 Å². The van der Waals surface area contributed by atoms with Crippen LogP contribution < -0.4 is 15.8 Å². The summed E-state index contributed by atoms with van der Waals surface area (Å²) in [6.07, 6.45) is 0.183. The fourth-order valence-corrected chi connectivity index (χ4v) is 1.22. The van der Waals surface area contributed by atoms with Gasteiger partial charge < -0.3 is 15.8 Å². The van der Waals surface area contributed by atoms with E-state index in [0.717, 1.165) is 0 Å². The molecule has 3 N–H and O–H groups in total. The predicted molar refractivity (Wildman–Crippen MR) is 73.8 cm³/mol. The van der Waals surface area contributed by atoms with E-state index in [2.05, 4.69) is 5.32 Å². The number of hydrogen-bond acceptors (Lipinski definition) is 3. The van der Waals surface area contributed by atoms with Gasteiger partial charge in [-0.15, -0.1) is 0 Å². The second-order valence-corrected chi connectivity index (χ2v) is 5.29. The molecule has 0 saturated carbocycles. The molecule has 1 aromatic rings. The first-order chi connectivity index (χ1) is 8.79. The zero-order chi connectivity index (χ0) is 14.5. The van der Waals surface area contributed by atoms with Crippen LogP contribution in [0.5, 0.6) is 5.75 Å². The molecule has 0 heterocycles. The fourth-order valence-electron chi connectivity index (χ4n) is 1.22. The van der Waals surface area contributed by atoms with E-state index < -0.39 is 11.3 Å². The van der Waals surface area contributed by atoms with Gasteiger partial charge in [-0.05, 0) is 24.3 Å². The molecule has 0 saturated heterocycles. The standard InChI is InChI=1S/C14H20N2O3/c1-14(2,3)13(18)16-10-4-6-11(7-5-10)19-9-8-12(15)17/h4-7H,8-9H2,1-3H3,(H2,15,17)(H,16,18). The lowest BCUT2D eigenvalue weighted by atomic mass is 9.95. The summed E-state index contributed by atoms with van der Waals surface area (Å²) in [5, 5.41) is 2.81. The molecule has 0 fully saturated rings. The van der Waals surface area contributed by atoms with Crippen LogP contribution in [0.2, 0.25) is 0 Å². The Morgan fingerprint density at radius 2 is 1.79 bits per heavy atom. The summed E-state index contributed by atoms with van der Waals surface area (Å²) < 4.78 is 5.33. The molecule has 0 aromatic heterocycles. The van der Waals surface area contributed by atoms with E-state index in [9.17, 15) is 9.59 Å². The molecule has 0 bridgehead atoms. The lowest BCUT2D eigenvalue weighted by Crippen LogP contribution is -2.27. The van der Waals surface area contributed by atoms with Crippen LogP contribution in [-0.2, 0) is 9.59 Å². The highest BCUT2D eigenvalue weighted by molar-refractivity contribution is 5.94. The molecule has 1 rings (SSSR count). The third-order valence-corrected chi connectivity index (χ3v) is 2.41. The smallest absolute Gasteiger partial charge is 0.229 e. The predicted octanol–water partition coefficient (Wildman–Crippen LogP) is 1.93. The van der Waals surface area contributed by atoms with Crippen LogP contribution in [0.15, 0.2) is 24.3 Å². The van der Waals surface area contributed by atoms with Gasteiger partial charge in [0.2, 0.25) is 11.8 Å². The maximum Gasteiger partial charge on any atom is 0.229 e. The van der Waals surface area contributed by atoms with E-state index in [4.69, 9.17) is 10.5 Å². The Balaban J connectivity index is 2.52. The minimum atomic E-state index is -0.434. The first kappa shape index (κ1) is 15.0. The van der Waals surface area contributed by atoms with E-state index in [1.54, 1.807) is 24.3 Å². The summed E-state index contributed by atoms with van der Waals surface area (Å²) in [7, 11) is 0. The molecule has 0 atom stereocenters. The average Bonchev–Trinajstić information content (AvgIpc) is 2.29. The summed E-state index contributed by atoms with van der Waals surface area (Å²) in [6.45, 7) is 5.81. The van der Waals surface area contributed by atoms with Crippen molar-refractivity contribution in [3.8, 4) is 5.75 Å². The van der Waals surface area contributed by atoms with Crippen LogP contribution in [0, 0.1) is 5.41 Å². The minimum absolute atomic E-state index is 0.0464. The quantitative estimate of drug-likeness (QED) is 0.852. The van der Waals surface area contributed by atoms with Crippen molar-refractivity contribution < 1.29 is 14.3 Å². The number of carbonyl (C=O) groups is 2. The normalized spacial score (nSPS) is 10.9. The Hall–Kier alpha value is -2.04. The summed E-state index contributed by atoms with van der Waals surface area (Å²) in [5.41, 5.74) is 5.29. The zero-order valence-corrected chi connectivity index (χ0v) is 11.5. The molecular weight excluding hydrogens is 244 g/mol. The number of hydrogen-bond donors (Lipinski definition) is 2. The summed E-state index contributed by atoms with van der Waals surface area (Å²) in [5.74, 6) is 0.193. The number of nitrogens with two attached hydrogens (primary N) is 1. The molecular formula is C14H20N2O3. The minimum Gasteiger partial charge on any atom is -0.493 e. The van der Waals surface area contributed by atoms with Gasteiger partial charge in [0, 0.05) is 11.1 Å². The number of ether oxygens (including phenoxy) is 1. The number of primary amides is 1. The first-order valence-corrected chi connectivity index (χ1v) is 6.11. The van der Waals surface area contributed by atoms with Crippen LogP contribution in [0.25, 0.3) is 0 Å². The van der Waals surface area contributed by atoms with Gasteiger partial charge >= 0.3 is 0 Å². The molecule has 19 heavy (non-hydrogen) atoms. The van der Waals surface area contributed by atoms with Crippen LogP contribution in [-0.4, -0.2) is 18.4 Å². The topological polar surface area (TPSA) is 81.4 Å². The van der Waals surface area contributed by atoms with Crippen molar-refractivity contribution in [2.75, 3.05) is 11.9 Å². The Bertz CT molecular complexity index is 447. The number of benzene rings is 1. The third-order valence-electron chi connectivity index (χ3n) is 2.41. The molecule has 5 heteroatoms. The van der Waals surface area contributed by atoms with Crippen molar-refractivity contribution in [2.45, 2.75) is 27.2 Å². The average molecular weight is 264 g/mol. The van der Waals surface area contributed by atoms with Crippen LogP contribution in [0.1, 0.15) is 27.2 Å². The van der Waals surface area contributed by atoms with Crippen molar-refractivity contribution in [1.29, 1.82) is 0 Å². The Labute approximate surface area is 113 Å². The molecule has 0 aliphatic carbocycles. The third kappa shape index (κ3) is 5.42. The molecule has 0 aliphatic heterocycles. The van der Waals surface area contributed by atoms with Crippen molar-refractivity contribution in [2.24, 2.45) is 11.1 Å². The molecule has 1 aromatic carbocycles. The van der Waals surface area contributed by atoms with E-state index >= 15 is 0 Å². The molecule has 0 spiro atoms. The number of amides is 2.